The lowest BCUT2D eigenvalue weighted by Crippen LogP contribution is -2.12. The summed E-state index contributed by atoms with van der Waals surface area (Å²) in [6.45, 7) is 0. The molecular weight excluding hydrogens is 376 g/mol. The van der Waals surface area contributed by atoms with Crippen LogP contribution in [0.15, 0.2) is 91.3 Å². The SMILES string of the molecule is COc1ccccc1NC(=O)c1ccc(Nc2cc(-c3ccccc3)ncn2)cc1. The van der Waals surface area contributed by atoms with E-state index < -0.39 is 0 Å². The molecule has 148 valence electrons. The van der Waals surface area contributed by atoms with Crippen molar-refractivity contribution in [3.8, 4) is 17.0 Å². The van der Waals surface area contributed by atoms with Gasteiger partial charge in [0.2, 0.25) is 0 Å². The summed E-state index contributed by atoms with van der Waals surface area (Å²) in [6.07, 6.45) is 1.53. The predicted molar refractivity (Wildman–Crippen MR) is 118 cm³/mol. The van der Waals surface area contributed by atoms with Crippen LogP contribution in [0.1, 0.15) is 10.4 Å². The summed E-state index contributed by atoms with van der Waals surface area (Å²) in [5.74, 6) is 1.08. The maximum absolute atomic E-state index is 12.5. The van der Waals surface area contributed by atoms with Gasteiger partial charge in [0.1, 0.15) is 17.9 Å². The predicted octanol–water partition coefficient (Wildman–Crippen LogP) is 5.15. The van der Waals surface area contributed by atoms with E-state index in [0.29, 0.717) is 22.8 Å². The fourth-order valence-corrected chi connectivity index (χ4v) is 2.99. The Labute approximate surface area is 174 Å². The van der Waals surface area contributed by atoms with Crippen molar-refractivity contribution in [2.45, 2.75) is 0 Å². The number of carbonyl (C=O) groups is 1. The number of amides is 1. The lowest BCUT2D eigenvalue weighted by atomic mass is 10.1. The van der Waals surface area contributed by atoms with E-state index >= 15 is 0 Å². The van der Waals surface area contributed by atoms with Gasteiger partial charge in [-0.2, -0.15) is 0 Å². The highest BCUT2D eigenvalue weighted by atomic mass is 16.5. The van der Waals surface area contributed by atoms with Crippen LogP contribution >= 0.6 is 0 Å². The third-order valence-electron chi connectivity index (χ3n) is 4.51. The number of hydrogen-bond donors (Lipinski definition) is 2. The third-order valence-corrected chi connectivity index (χ3v) is 4.51. The van der Waals surface area contributed by atoms with Crippen molar-refractivity contribution in [1.29, 1.82) is 0 Å². The molecule has 6 heteroatoms. The van der Waals surface area contributed by atoms with Gasteiger partial charge in [0.15, 0.2) is 0 Å². The van der Waals surface area contributed by atoms with Crippen molar-refractivity contribution < 1.29 is 9.53 Å². The lowest BCUT2D eigenvalue weighted by molar-refractivity contribution is 0.102. The highest BCUT2D eigenvalue weighted by Gasteiger charge is 2.09. The molecule has 1 amide bonds. The molecule has 3 aromatic carbocycles. The number of anilines is 3. The number of aromatic nitrogens is 2. The second-order valence-electron chi connectivity index (χ2n) is 6.51. The fourth-order valence-electron chi connectivity index (χ4n) is 2.99. The van der Waals surface area contributed by atoms with Crippen molar-refractivity contribution in [3.05, 3.63) is 96.8 Å². The van der Waals surface area contributed by atoms with E-state index in [4.69, 9.17) is 4.74 Å². The van der Waals surface area contributed by atoms with Crippen molar-refractivity contribution >= 4 is 23.1 Å². The Morgan fingerprint density at radius 3 is 2.37 bits per heavy atom. The second kappa shape index (κ2) is 8.87. The number of nitrogens with one attached hydrogen (secondary N) is 2. The number of carbonyl (C=O) groups excluding carboxylic acids is 1. The van der Waals surface area contributed by atoms with Gasteiger partial charge in [-0.15, -0.1) is 0 Å². The van der Waals surface area contributed by atoms with Crippen molar-refractivity contribution in [2.75, 3.05) is 17.7 Å². The molecular formula is C24H20N4O2. The Hall–Kier alpha value is -4.19. The van der Waals surface area contributed by atoms with Crippen molar-refractivity contribution in [3.63, 3.8) is 0 Å². The van der Waals surface area contributed by atoms with Crippen LogP contribution in [0.2, 0.25) is 0 Å². The molecule has 0 fully saturated rings. The minimum absolute atomic E-state index is 0.209. The van der Waals surface area contributed by atoms with E-state index in [1.165, 1.54) is 6.33 Å². The molecule has 4 rings (SSSR count). The van der Waals surface area contributed by atoms with Gasteiger partial charge in [-0.3, -0.25) is 4.79 Å². The molecule has 0 saturated heterocycles. The zero-order valence-corrected chi connectivity index (χ0v) is 16.4. The maximum atomic E-state index is 12.5. The normalized spacial score (nSPS) is 10.3. The number of methoxy groups -OCH3 is 1. The number of para-hydroxylation sites is 2. The van der Waals surface area contributed by atoms with Gasteiger partial charge < -0.3 is 15.4 Å². The van der Waals surface area contributed by atoms with Crippen LogP contribution in [-0.4, -0.2) is 23.0 Å². The van der Waals surface area contributed by atoms with Crippen LogP contribution in [0.4, 0.5) is 17.2 Å². The second-order valence-corrected chi connectivity index (χ2v) is 6.51. The quantitative estimate of drug-likeness (QED) is 0.471. The summed E-state index contributed by atoms with van der Waals surface area (Å²) in [6, 6.07) is 26.3. The third kappa shape index (κ3) is 4.44. The Morgan fingerprint density at radius 1 is 0.867 bits per heavy atom. The summed E-state index contributed by atoms with van der Waals surface area (Å²) >= 11 is 0. The van der Waals surface area contributed by atoms with Gasteiger partial charge in [-0.1, -0.05) is 42.5 Å². The smallest absolute Gasteiger partial charge is 0.255 e. The number of benzene rings is 3. The Balaban J connectivity index is 1.46. The molecule has 30 heavy (non-hydrogen) atoms. The molecule has 0 bridgehead atoms. The van der Waals surface area contributed by atoms with Crippen molar-refractivity contribution in [1.82, 2.24) is 9.97 Å². The summed E-state index contributed by atoms with van der Waals surface area (Å²) in [4.78, 5) is 21.2. The molecule has 0 saturated carbocycles. The first kappa shape index (κ1) is 19.1. The number of ether oxygens (including phenoxy) is 1. The van der Waals surface area contributed by atoms with E-state index in [0.717, 1.165) is 16.9 Å². The van der Waals surface area contributed by atoms with E-state index in [-0.39, 0.29) is 5.91 Å². The number of hydrogen-bond acceptors (Lipinski definition) is 5. The average molecular weight is 396 g/mol. The Morgan fingerprint density at radius 2 is 1.60 bits per heavy atom. The first-order valence-corrected chi connectivity index (χ1v) is 9.42. The summed E-state index contributed by atoms with van der Waals surface area (Å²) in [5, 5.41) is 6.11. The van der Waals surface area contributed by atoms with Crippen LogP contribution < -0.4 is 15.4 Å². The number of rotatable bonds is 6. The standard InChI is InChI=1S/C24H20N4O2/c1-30-22-10-6-5-9-20(22)28-24(29)18-11-13-19(14-12-18)27-23-15-21(25-16-26-23)17-7-3-2-4-8-17/h2-16H,1H3,(H,28,29)(H,25,26,27). The summed E-state index contributed by atoms with van der Waals surface area (Å²) in [7, 11) is 1.57. The van der Waals surface area contributed by atoms with Crippen LogP contribution in [0.3, 0.4) is 0 Å². The molecule has 2 N–H and O–H groups in total. The van der Waals surface area contributed by atoms with Crippen molar-refractivity contribution in [2.24, 2.45) is 0 Å². The van der Waals surface area contributed by atoms with E-state index in [9.17, 15) is 4.79 Å². The average Bonchev–Trinajstić information content (AvgIpc) is 2.80. The molecule has 1 heterocycles. The molecule has 0 atom stereocenters. The molecule has 0 unspecified atom stereocenters. The van der Waals surface area contributed by atoms with Gasteiger partial charge in [-0.05, 0) is 36.4 Å². The van der Waals surface area contributed by atoms with E-state index in [1.807, 2.05) is 60.7 Å². The highest BCUT2D eigenvalue weighted by Crippen LogP contribution is 2.24. The Bertz CT molecular complexity index is 1150. The van der Waals surface area contributed by atoms with Crippen LogP contribution in [0.5, 0.6) is 5.75 Å². The van der Waals surface area contributed by atoms with Gasteiger partial charge >= 0.3 is 0 Å². The zero-order valence-electron chi connectivity index (χ0n) is 16.4. The minimum atomic E-state index is -0.209. The first-order valence-electron chi connectivity index (χ1n) is 9.42. The van der Waals surface area contributed by atoms with Gasteiger partial charge in [0, 0.05) is 22.9 Å². The lowest BCUT2D eigenvalue weighted by Gasteiger charge is -2.11. The molecule has 4 aromatic rings. The molecule has 0 aliphatic rings. The first-order chi connectivity index (χ1) is 14.7. The van der Waals surface area contributed by atoms with Crippen LogP contribution in [0, 0.1) is 0 Å². The van der Waals surface area contributed by atoms with Gasteiger partial charge in [0.05, 0.1) is 18.5 Å². The van der Waals surface area contributed by atoms with Gasteiger partial charge in [0.25, 0.3) is 5.91 Å². The monoisotopic (exact) mass is 396 g/mol. The largest absolute Gasteiger partial charge is 0.495 e. The summed E-state index contributed by atoms with van der Waals surface area (Å²) in [5.41, 5.74) is 3.84. The fraction of sp³-hybridized carbons (Fsp3) is 0.0417. The molecule has 0 aliphatic heterocycles. The summed E-state index contributed by atoms with van der Waals surface area (Å²) < 4.78 is 5.27. The van der Waals surface area contributed by atoms with Gasteiger partial charge in [-0.25, -0.2) is 9.97 Å². The molecule has 0 aliphatic carbocycles. The molecule has 0 radical (unpaired) electrons. The number of nitrogens with zero attached hydrogens (tertiary/aromatic N) is 2. The van der Waals surface area contributed by atoms with E-state index in [2.05, 4.69) is 20.6 Å². The highest BCUT2D eigenvalue weighted by molar-refractivity contribution is 6.05. The molecule has 6 nitrogen and oxygen atoms in total. The van der Waals surface area contributed by atoms with Crippen LogP contribution in [-0.2, 0) is 0 Å². The molecule has 0 spiro atoms. The van der Waals surface area contributed by atoms with E-state index in [1.54, 1.807) is 31.4 Å². The zero-order chi connectivity index (χ0) is 20.8. The van der Waals surface area contributed by atoms with Crippen LogP contribution in [0.25, 0.3) is 11.3 Å². The Kier molecular flexibility index (Phi) is 5.66. The minimum Gasteiger partial charge on any atom is -0.495 e. The molecule has 1 aromatic heterocycles. The topological polar surface area (TPSA) is 76.1 Å². The maximum Gasteiger partial charge on any atom is 0.255 e.